The van der Waals surface area contributed by atoms with Gasteiger partial charge in [-0.15, -0.1) is 0 Å². The van der Waals surface area contributed by atoms with Crippen LogP contribution in [0.15, 0.2) is 41.5 Å². The normalized spacial score (nSPS) is 10.6. The molecule has 5 nitrogen and oxygen atoms in total. The van der Waals surface area contributed by atoms with Crippen LogP contribution in [-0.2, 0) is 11.3 Å². The van der Waals surface area contributed by atoms with E-state index >= 15 is 0 Å². The number of nitrogens with zero attached hydrogens (tertiary/aromatic N) is 1. The quantitative estimate of drug-likeness (QED) is 0.832. The summed E-state index contributed by atoms with van der Waals surface area (Å²) in [5.41, 5.74) is -0.173. The predicted molar refractivity (Wildman–Crippen MR) is 79.5 cm³/mol. The molecule has 1 N–H and O–H groups in total. The molecule has 1 aromatic heterocycles. The summed E-state index contributed by atoms with van der Waals surface area (Å²) >= 11 is 0. The fraction of sp³-hybridized carbons (Fsp3) is 0.250. The van der Waals surface area contributed by atoms with Gasteiger partial charge in [0.25, 0.3) is 0 Å². The molecule has 0 aliphatic heterocycles. The number of carbonyl (C=O) groups is 1. The van der Waals surface area contributed by atoms with Crippen LogP contribution in [0.2, 0.25) is 0 Å². The lowest BCUT2D eigenvalue weighted by atomic mass is 10.0. The first kappa shape index (κ1) is 15.9. The lowest BCUT2D eigenvalue weighted by Gasteiger charge is -2.10. The molecule has 0 bridgehead atoms. The molecule has 0 saturated heterocycles. The average molecular weight is 305 g/mol. The first-order valence-corrected chi connectivity index (χ1v) is 6.75. The van der Waals surface area contributed by atoms with Crippen molar-refractivity contribution in [3.8, 4) is 11.1 Å². The number of benzene rings is 1. The minimum Gasteiger partial charge on any atom is -0.477 e. The van der Waals surface area contributed by atoms with E-state index in [1.54, 1.807) is 17.9 Å². The summed E-state index contributed by atoms with van der Waals surface area (Å²) in [7, 11) is 1.58. The number of carboxylic acids is 1. The van der Waals surface area contributed by atoms with Crippen LogP contribution in [0.5, 0.6) is 0 Å². The highest BCUT2D eigenvalue weighted by Crippen LogP contribution is 2.17. The van der Waals surface area contributed by atoms with E-state index < -0.39 is 17.2 Å². The minimum atomic E-state index is -1.28. The molecule has 0 radical (unpaired) electrons. The molecule has 22 heavy (non-hydrogen) atoms. The van der Waals surface area contributed by atoms with Gasteiger partial charge in [0.15, 0.2) is 0 Å². The van der Waals surface area contributed by atoms with Crippen molar-refractivity contribution in [1.29, 1.82) is 0 Å². The smallest absolute Gasteiger partial charge is 0.341 e. The van der Waals surface area contributed by atoms with Gasteiger partial charge < -0.3 is 14.4 Å². The Kier molecular flexibility index (Phi) is 5.06. The monoisotopic (exact) mass is 305 g/mol. The van der Waals surface area contributed by atoms with Crippen LogP contribution in [0.1, 0.15) is 16.8 Å². The summed E-state index contributed by atoms with van der Waals surface area (Å²) in [5, 5.41) is 9.18. The number of pyridine rings is 1. The Hall–Kier alpha value is -2.47. The number of carboxylic acid groups (broad SMARTS) is 1. The molecule has 0 saturated carbocycles. The van der Waals surface area contributed by atoms with Crippen LogP contribution in [0.3, 0.4) is 0 Å². The van der Waals surface area contributed by atoms with E-state index in [-0.39, 0.29) is 11.1 Å². The number of hydrogen-bond acceptors (Lipinski definition) is 3. The van der Waals surface area contributed by atoms with Crippen LogP contribution in [0, 0.1) is 5.82 Å². The fourth-order valence-corrected chi connectivity index (χ4v) is 2.14. The van der Waals surface area contributed by atoms with Crippen molar-refractivity contribution < 1.29 is 19.0 Å². The molecule has 0 aliphatic rings. The Morgan fingerprint density at radius 1 is 1.27 bits per heavy atom. The summed E-state index contributed by atoms with van der Waals surface area (Å²) in [6, 6.07) is 5.38. The van der Waals surface area contributed by atoms with Gasteiger partial charge in [0.2, 0.25) is 5.43 Å². The third-order valence-electron chi connectivity index (χ3n) is 3.23. The van der Waals surface area contributed by atoms with Gasteiger partial charge in [-0.05, 0) is 24.1 Å². The maximum Gasteiger partial charge on any atom is 0.341 e. The lowest BCUT2D eigenvalue weighted by Crippen LogP contribution is -2.20. The molecule has 116 valence electrons. The van der Waals surface area contributed by atoms with Crippen molar-refractivity contribution in [2.75, 3.05) is 13.7 Å². The topological polar surface area (TPSA) is 68.5 Å². The largest absolute Gasteiger partial charge is 0.477 e. The van der Waals surface area contributed by atoms with Crippen molar-refractivity contribution >= 4 is 5.97 Å². The molecule has 0 amide bonds. The van der Waals surface area contributed by atoms with Crippen molar-refractivity contribution in [1.82, 2.24) is 4.57 Å². The van der Waals surface area contributed by atoms with Crippen LogP contribution < -0.4 is 5.43 Å². The van der Waals surface area contributed by atoms with E-state index in [1.807, 2.05) is 0 Å². The van der Waals surface area contributed by atoms with Gasteiger partial charge in [0, 0.05) is 38.2 Å². The molecule has 0 spiro atoms. The number of rotatable bonds is 6. The molecule has 0 atom stereocenters. The number of hydrogen-bond donors (Lipinski definition) is 1. The van der Waals surface area contributed by atoms with E-state index in [4.69, 9.17) is 4.74 Å². The minimum absolute atomic E-state index is 0.234. The number of aryl methyl sites for hydroxylation is 1. The number of halogens is 1. The summed E-state index contributed by atoms with van der Waals surface area (Å²) in [6.07, 6.45) is 3.58. The van der Waals surface area contributed by atoms with Crippen molar-refractivity contribution in [2.24, 2.45) is 0 Å². The molecule has 2 rings (SSSR count). The Balaban J connectivity index is 2.49. The average Bonchev–Trinajstić information content (AvgIpc) is 2.49. The van der Waals surface area contributed by atoms with Crippen LogP contribution in [0.4, 0.5) is 4.39 Å². The van der Waals surface area contributed by atoms with Gasteiger partial charge in [0.1, 0.15) is 11.4 Å². The summed E-state index contributed by atoms with van der Waals surface area (Å²) in [5.74, 6) is -1.70. The fourth-order valence-electron chi connectivity index (χ4n) is 2.14. The zero-order valence-electron chi connectivity index (χ0n) is 12.1. The van der Waals surface area contributed by atoms with E-state index in [2.05, 4.69) is 0 Å². The van der Waals surface area contributed by atoms with Crippen molar-refractivity contribution in [3.63, 3.8) is 0 Å². The van der Waals surface area contributed by atoms with Gasteiger partial charge in [-0.25, -0.2) is 9.18 Å². The Morgan fingerprint density at radius 2 is 1.95 bits per heavy atom. The lowest BCUT2D eigenvalue weighted by molar-refractivity contribution is 0.0694. The molecule has 0 aliphatic carbocycles. The van der Waals surface area contributed by atoms with Gasteiger partial charge in [-0.1, -0.05) is 12.1 Å². The first-order chi connectivity index (χ1) is 10.5. The Bertz CT molecular complexity index is 722. The molecule has 0 unspecified atom stereocenters. The summed E-state index contributed by atoms with van der Waals surface area (Å²) in [4.78, 5) is 23.5. The number of aromatic nitrogens is 1. The zero-order chi connectivity index (χ0) is 16.1. The second-order valence-electron chi connectivity index (χ2n) is 4.81. The molecule has 6 heteroatoms. The third-order valence-corrected chi connectivity index (χ3v) is 3.23. The van der Waals surface area contributed by atoms with E-state index in [0.29, 0.717) is 25.1 Å². The number of methoxy groups -OCH3 is 1. The Morgan fingerprint density at radius 3 is 2.55 bits per heavy atom. The van der Waals surface area contributed by atoms with Gasteiger partial charge in [-0.2, -0.15) is 0 Å². The van der Waals surface area contributed by atoms with Crippen molar-refractivity contribution in [3.05, 3.63) is 58.3 Å². The molecule has 1 heterocycles. The first-order valence-electron chi connectivity index (χ1n) is 6.75. The number of ether oxygens (including phenoxy) is 1. The summed E-state index contributed by atoms with van der Waals surface area (Å²) < 4.78 is 19.6. The van der Waals surface area contributed by atoms with Gasteiger partial charge in [-0.3, -0.25) is 4.79 Å². The highest BCUT2D eigenvalue weighted by atomic mass is 19.1. The molecular formula is C16H16FNO4. The van der Waals surface area contributed by atoms with Crippen LogP contribution in [-0.4, -0.2) is 29.4 Å². The van der Waals surface area contributed by atoms with E-state index in [9.17, 15) is 19.1 Å². The Labute approximate surface area is 126 Å². The SMILES string of the molecule is COCCCn1cc(C(=O)O)c(=O)c(-c2ccc(F)cc2)c1. The standard InChI is InChI=1S/C16H16FNO4/c1-22-8-2-7-18-9-13(11-3-5-12(17)6-4-11)15(19)14(10-18)16(20)21/h3-6,9-10H,2,7-8H2,1H3,(H,20,21). The van der Waals surface area contributed by atoms with Crippen molar-refractivity contribution in [2.45, 2.75) is 13.0 Å². The highest BCUT2D eigenvalue weighted by Gasteiger charge is 2.15. The summed E-state index contributed by atoms with van der Waals surface area (Å²) in [6.45, 7) is 1.04. The highest BCUT2D eigenvalue weighted by molar-refractivity contribution is 5.88. The maximum absolute atomic E-state index is 13.0. The second-order valence-corrected chi connectivity index (χ2v) is 4.81. The predicted octanol–water partition coefficient (Wildman–Crippen LogP) is 2.39. The number of aromatic carboxylic acids is 1. The van der Waals surface area contributed by atoms with E-state index in [0.717, 1.165) is 0 Å². The second kappa shape index (κ2) is 7.00. The molecular weight excluding hydrogens is 289 g/mol. The molecule has 2 aromatic rings. The zero-order valence-corrected chi connectivity index (χ0v) is 12.1. The third kappa shape index (κ3) is 3.59. The van der Waals surface area contributed by atoms with E-state index in [1.165, 1.54) is 30.5 Å². The van der Waals surface area contributed by atoms with Crippen LogP contribution >= 0.6 is 0 Å². The molecule has 1 aromatic carbocycles. The van der Waals surface area contributed by atoms with Crippen LogP contribution in [0.25, 0.3) is 11.1 Å². The maximum atomic E-state index is 13.0. The van der Waals surface area contributed by atoms with Gasteiger partial charge in [0.05, 0.1) is 0 Å². The molecule has 0 fully saturated rings. The van der Waals surface area contributed by atoms with Gasteiger partial charge >= 0.3 is 5.97 Å².